The quantitative estimate of drug-likeness (QED) is 0.142. The molecular weight excluding hydrogens is 927 g/mol. The summed E-state index contributed by atoms with van der Waals surface area (Å²) in [6.07, 6.45) is 3.47. The predicted molar refractivity (Wildman–Crippen MR) is 262 cm³/mol. The first-order chi connectivity index (χ1) is 33.6. The van der Waals surface area contributed by atoms with Crippen LogP contribution in [0.3, 0.4) is 0 Å². The van der Waals surface area contributed by atoms with Crippen molar-refractivity contribution in [3.05, 3.63) is 85.1 Å². The molecule has 3 rings (SSSR count). The molecular formula is C51H83N3O17. The van der Waals surface area contributed by atoms with Crippen molar-refractivity contribution in [1.82, 2.24) is 4.90 Å². The number of esters is 1. The molecule has 19 atom stereocenters. The lowest BCUT2D eigenvalue weighted by atomic mass is 9.82. The molecule has 2 bridgehead atoms. The summed E-state index contributed by atoms with van der Waals surface area (Å²) in [5, 5.41) is 121. The number of nitrogens with zero attached hydrogens (tertiary/aromatic N) is 1. The summed E-state index contributed by atoms with van der Waals surface area (Å²) in [5.74, 6) is -6.88. The van der Waals surface area contributed by atoms with Gasteiger partial charge in [-0.3, -0.25) is 14.5 Å². The smallest absolute Gasteiger partial charge is 0.311 e. The number of hydrogen-bond donors (Lipinski definition) is 13. The highest BCUT2D eigenvalue weighted by Gasteiger charge is 2.51. The Morgan fingerprint density at radius 2 is 1.24 bits per heavy atom. The molecule has 71 heavy (non-hydrogen) atoms. The predicted octanol–water partition coefficient (Wildman–Crippen LogP) is -0.0276. The molecule has 2 fully saturated rings. The number of cyclic esters (lactones) is 1. The van der Waals surface area contributed by atoms with Crippen molar-refractivity contribution < 1.29 is 84.7 Å². The van der Waals surface area contributed by atoms with Crippen LogP contribution in [-0.4, -0.2) is 197 Å². The van der Waals surface area contributed by atoms with Crippen molar-refractivity contribution in [2.45, 2.75) is 177 Å². The zero-order chi connectivity index (χ0) is 52.8. The number of nitrogens with two attached hydrogens (primary N) is 2. The van der Waals surface area contributed by atoms with Crippen LogP contribution in [0.15, 0.2) is 85.1 Å². The summed E-state index contributed by atoms with van der Waals surface area (Å²) in [6.45, 7) is 7.77. The van der Waals surface area contributed by atoms with Crippen LogP contribution in [0, 0.1) is 17.8 Å². The van der Waals surface area contributed by atoms with E-state index in [9.17, 15) is 65.8 Å². The molecule has 0 aromatic rings. The maximum Gasteiger partial charge on any atom is 0.311 e. The van der Waals surface area contributed by atoms with E-state index in [4.69, 9.17) is 30.4 Å². The Kier molecular flexibility index (Phi) is 27.2. The normalized spacial score (nSPS) is 39.6. The Bertz CT molecular complexity index is 1790. The molecule has 3 heterocycles. The fourth-order valence-corrected chi connectivity index (χ4v) is 9.09. The zero-order valence-electron chi connectivity index (χ0n) is 41.4. The summed E-state index contributed by atoms with van der Waals surface area (Å²) in [4.78, 5) is 27.1. The van der Waals surface area contributed by atoms with E-state index < -0.39 is 147 Å². The lowest BCUT2D eigenvalue weighted by Gasteiger charge is -2.47. The molecule has 2 saturated heterocycles. The number of hydrogen-bond acceptors (Lipinski definition) is 19. The first kappa shape index (κ1) is 61.8. The molecule has 1 unspecified atom stereocenters. The summed E-state index contributed by atoms with van der Waals surface area (Å²) in [6, 6.07) is -0.919. The number of aliphatic hydroxyl groups excluding tert-OH is 9. The molecule has 3 aliphatic heterocycles. The van der Waals surface area contributed by atoms with Crippen molar-refractivity contribution >= 4 is 11.9 Å². The number of aliphatic hydroxyl groups is 10. The number of ether oxygens (including phenoxy) is 4. The summed E-state index contributed by atoms with van der Waals surface area (Å²) < 4.78 is 23.8. The van der Waals surface area contributed by atoms with E-state index in [0.717, 1.165) is 0 Å². The molecule has 0 aromatic carbocycles. The number of carbonyl (C=O) groups is 2. The Morgan fingerprint density at radius 1 is 0.676 bits per heavy atom. The van der Waals surface area contributed by atoms with Crippen LogP contribution in [0.25, 0.3) is 0 Å². The van der Waals surface area contributed by atoms with Crippen molar-refractivity contribution in [1.29, 1.82) is 0 Å². The van der Waals surface area contributed by atoms with E-state index in [1.54, 1.807) is 86.4 Å². The minimum Gasteiger partial charge on any atom is -0.481 e. The number of carboxylic acid groups (broad SMARTS) is 1. The summed E-state index contributed by atoms with van der Waals surface area (Å²) in [7, 11) is 0. The van der Waals surface area contributed by atoms with Gasteiger partial charge in [-0.2, -0.15) is 0 Å². The molecule has 0 radical (unpaired) electrons. The average Bonchev–Trinajstić information content (AvgIpc) is 3.28. The molecule has 3 aliphatic rings. The minimum absolute atomic E-state index is 0.113. The second-order valence-corrected chi connectivity index (χ2v) is 19.1. The fraction of sp³-hybridized carbons (Fsp3) is 0.686. The van der Waals surface area contributed by atoms with Crippen molar-refractivity contribution in [2.24, 2.45) is 29.2 Å². The van der Waals surface area contributed by atoms with E-state index in [2.05, 4.69) is 0 Å². The lowest BCUT2D eigenvalue weighted by molar-refractivity contribution is -0.312. The Balaban J connectivity index is 1.93. The summed E-state index contributed by atoms with van der Waals surface area (Å²) in [5.41, 5.74) is 11.7. The zero-order valence-corrected chi connectivity index (χ0v) is 41.4. The third kappa shape index (κ3) is 20.7. The third-order valence-corrected chi connectivity index (χ3v) is 13.2. The van der Waals surface area contributed by atoms with Crippen molar-refractivity contribution in [3.8, 4) is 0 Å². The SMILES string of the molecule is C[C@@H]1[C@H](O)[C@@H](C)C=CC=CC=CC=CC=CC=CC=C[C@H](O[C@@H]2O[C@H](C)[C@@H](O)[C@H](N(CCN)CCN)[C@@H]2O)CC2O[C@](O)(C[C@@H](O)C[C@@H](O)[C@H](O)CC[C@@H](O)C[C@@H](O)CC(=O)O[C@H]1C)C[C@H](O)[C@H]2C(=O)O. The number of allylic oxidation sites excluding steroid dienone is 12. The molecule has 0 aliphatic carbocycles. The van der Waals surface area contributed by atoms with Crippen molar-refractivity contribution in [2.75, 3.05) is 26.2 Å². The van der Waals surface area contributed by atoms with Crippen LogP contribution in [0.1, 0.15) is 79.1 Å². The largest absolute Gasteiger partial charge is 0.481 e. The van der Waals surface area contributed by atoms with Gasteiger partial charge < -0.3 is 86.6 Å². The van der Waals surface area contributed by atoms with Crippen LogP contribution in [0.4, 0.5) is 0 Å². The Hall–Kier alpha value is -3.52. The molecule has 0 amide bonds. The number of fused-ring (bicyclic) bond motifs is 2. The molecule has 0 saturated carbocycles. The highest BCUT2D eigenvalue weighted by atomic mass is 16.7. The van der Waals surface area contributed by atoms with Crippen LogP contribution in [0.2, 0.25) is 0 Å². The second kappa shape index (κ2) is 31.3. The maximum absolute atomic E-state index is 12.7. The van der Waals surface area contributed by atoms with Gasteiger partial charge in [-0.1, -0.05) is 98.9 Å². The highest BCUT2D eigenvalue weighted by molar-refractivity contribution is 5.71. The topological polar surface area (TPSA) is 349 Å². The van der Waals surface area contributed by atoms with Gasteiger partial charge in [0, 0.05) is 63.7 Å². The lowest BCUT2D eigenvalue weighted by Crippen LogP contribution is -2.65. The van der Waals surface area contributed by atoms with Gasteiger partial charge in [0.15, 0.2) is 12.1 Å². The van der Waals surface area contributed by atoms with E-state index >= 15 is 0 Å². The van der Waals surface area contributed by atoms with Gasteiger partial charge in [0.05, 0.1) is 79.6 Å². The van der Waals surface area contributed by atoms with Gasteiger partial charge in [-0.15, -0.1) is 0 Å². The van der Waals surface area contributed by atoms with Gasteiger partial charge in [0.25, 0.3) is 0 Å². The molecule has 404 valence electrons. The number of carboxylic acids is 1. The first-order valence-corrected chi connectivity index (χ1v) is 24.7. The fourth-order valence-electron chi connectivity index (χ4n) is 9.09. The number of carbonyl (C=O) groups excluding carboxylic acids is 1. The maximum atomic E-state index is 12.7. The van der Waals surface area contributed by atoms with Gasteiger partial charge in [-0.25, -0.2) is 0 Å². The van der Waals surface area contributed by atoms with E-state index in [0.29, 0.717) is 0 Å². The highest BCUT2D eigenvalue weighted by Crippen LogP contribution is 2.38. The van der Waals surface area contributed by atoms with E-state index in [1.165, 1.54) is 0 Å². The molecule has 20 nitrogen and oxygen atoms in total. The second-order valence-electron chi connectivity index (χ2n) is 19.1. The van der Waals surface area contributed by atoms with Gasteiger partial charge in [-0.05, 0) is 33.1 Å². The molecule has 0 spiro atoms. The third-order valence-electron chi connectivity index (χ3n) is 13.2. The summed E-state index contributed by atoms with van der Waals surface area (Å²) >= 11 is 0. The van der Waals surface area contributed by atoms with Gasteiger partial charge in [0.1, 0.15) is 18.1 Å². The average molecular weight is 1010 g/mol. The van der Waals surface area contributed by atoms with Crippen LogP contribution in [-0.2, 0) is 28.5 Å². The number of aliphatic carboxylic acids is 1. The van der Waals surface area contributed by atoms with Gasteiger partial charge >= 0.3 is 11.9 Å². The standard InChI is InChI=1S/C51H83N3O17/c1-31-17-15-13-11-9-7-5-6-8-10-12-14-16-18-38(70-50-48(64)45(47(63)34(4)69-50)54(23-21-52)24-22-53)28-42-44(49(65)66)41(60)30-51(67,71-42)29-37(57)26-40(59)39(58)20-19-35(55)25-36(56)27-43(61)68-33(3)32(2)46(31)62/h5-18,31-42,44-48,50,55-60,62-64,67H,19-30,52-53H2,1-4H3,(H,65,66)/t31-,32-,33-,34+,35+,36+,37-,38-,39+,40+,41-,42?,44+,45-,46+,47+,48-,50-,51+/m0/s1. The Labute approximate surface area is 417 Å². The molecule has 15 N–H and O–H groups in total. The minimum atomic E-state index is -2.35. The van der Waals surface area contributed by atoms with E-state index in [1.807, 2.05) is 31.2 Å². The monoisotopic (exact) mass is 1010 g/mol. The first-order valence-electron chi connectivity index (χ1n) is 24.7. The van der Waals surface area contributed by atoms with Gasteiger partial charge in [0.2, 0.25) is 0 Å². The van der Waals surface area contributed by atoms with E-state index in [-0.39, 0.29) is 57.8 Å². The Morgan fingerprint density at radius 3 is 1.80 bits per heavy atom. The molecule has 20 heteroatoms. The van der Waals surface area contributed by atoms with Crippen molar-refractivity contribution in [3.63, 3.8) is 0 Å². The molecule has 0 aromatic heterocycles. The van der Waals surface area contributed by atoms with Crippen LogP contribution < -0.4 is 11.5 Å². The number of rotatable bonds is 8. The van der Waals surface area contributed by atoms with Crippen LogP contribution in [0.5, 0.6) is 0 Å². The van der Waals surface area contributed by atoms with Crippen LogP contribution >= 0.6 is 0 Å².